The van der Waals surface area contributed by atoms with Crippen LogP contribution in [0.25, 0.3) is 0 Å². The highest BCUT2D eigenvalue weighted by Gasteiger charge is 2.40. The van der Waals surface area contributed by atoms with Crippen molar-refractivity contribution in [3.8, 4) is 0 Å². The van der Waals surface area contributed by atoms with Gasteiger partial charge < -0.3 is 44.1 Å². The van der Waals surface area contributed by atoms with Crippen LogP contribution >= 0.6 is 0 Å². The zero-order valence-corrected chi connectivity index (χ0v) is 28.7. The van der Waals surface area contributed by atoms with E-state index in [0.29, 0.717) is 32.8 Å². The van der Waals surface area contributed by atoms with E-state index in [2.05, 4.69) is 15.4 Å². The van der Waals surface area contributed by atoms with E-state index in [1.807, 2.05) is 71.9 Å². The predicted octanol–water partition coefficient (Wildman–Crippen LogP) is 4.11. The maximum Gasteiger partial charge on any atom is 0.410 e. The number of carbonyl (C=O) groups excluding carboxylic acids is 3. The summed E-state index contributed by atoms with van der Waals surface area (Å²) in [5, 5.41) is 6.70. The fourth-order valence-corrected chi connectivity index (χ4v) is 5.59. The fourth-order valence-electron chi connectivity index (χ4n) is 5.59. The standard InChI is InChI=1S/C16H22N2O3.C13H24N2O3.C5H10O2/c19-15(20-12-14-4-2-1-3-5-14)18-10-11-21-16(13-18)6-8-17-9-7-16;1-12(2,3)18-11(16)15-7-4-13(5-8-15)10-14-6-9-17-13;1-5(2,3)7-4-6/h1-5,17H,6-13H2;14H,4-10H2,1-3H3;4H,1-3H3. The molecule has 12 nitrogen and oxygen atoms in total. The molecule has 1 aromatic rings. The number of hydrogen-bond donors (Lipinski definition) is 2. The van der Waals surface area contributed by atoms with E-state index in [4.69, 9.17) is 18.9 Å². The molecule has 0 radical (unpaired) electrons. The topological polar surface area (TPSA) is 128 Å². The Morgan fingerprint density at radius 2 is 1.46 bits per heavy atom. The van der Waals surface area contributed by atoms with E-state index in [1.54, 1.807) is 9.80 Å². The van der Waals surface area contributed by atoms with Crippen molar-refractivity contribution >= 4 is 18.7 Å². The molecule has 4 aliphatic heterocycles. The molecule has 12 heteroatoms. The molecule has 0 atom stereocenters. The van der Waals surface area contributed by atoms with Gasteiger partial charge in [-0.05, 0) is 85.9 Å². The Labute approximate surface area is 274 Å². The molecule has 2 spiro atoms. The number of benzene rings is 1. The van der Waals surface area contributed by atoms with Crippen LogP contribution in [-0.4, -0.2) is 116 Å². The molecular formula is C34H56N4O8. The van der Waals surface area contributed by atoms with Gasteiger partial charge >= 0.3 is 12.2 Å². The molecule has 2 N–H and O–H groups in total. The number of nitrogens with one attached hydrogen (secondary N) is 2. The molecule has 1 aromatic carbocycles. The van der Waals surface area contributed by atoms with Crippen molar-refractivity contribution in [2.24, 2.45) is 0 Å². The minimum Gasteiger partial charge on any atom is -0.462 e. The summed E-state index contributed by atoms with van der Waals surface area (Å²) in [4.78, 5) is 37.3. The Hall–Kier alpha value is -2.93. The van der Waals surface area contributed by atoms with Gasteiger partial charge in [-0.25, -0.2) is 9.59 Å². The lowest BCUT2D eigenvalue weighted by molar-refractivity contribution is -0.138. The van der Waals surface area contributed by atoms with Crippen molar-refractivity contribution in [1.29, 1.82) is 0 Å². The van der Waals surface area contributed by atoms with E-state index in [-0.39, 0.29) is 29.0 Å². The highest BCUT2D eigenvalue weighted by atomic mass is 16.6. The maximum atomic E-state index is 12.2. The van der Waals surface area contributed by atoms with E-state index >= 15 is 0 Å². The number of rotatable bonds is 3. The Kier molecular flexibility index (Phi) is 14.1. The first-order valence-electron chi connectivity index (χ1n) is 16.5. The Balaban J connectivity index is 0.000000210. The molecule has 4 aliphatic rings. The molecule has 4 saturated heterocycles. The normalized spacial score (nSPS) is 20.7. The highest BCUT2D eigenvalue weighted by molar-refractivity contribution is 5.68. The van der Waals surface area contributed by atoms with Crippen molar-refractivity contribution in [2.45, 2.75) is 96.2 Å². The Morgan fingerprint density at radius 3 is 2.00 bits per heavy atom. The molecule has 4 fully saturated rings. The van der Waals surface area contributed by atoms with Gasteiger partial charge in [-0.15, -0.1) is 0 Å². The molecular weight excluding hydrogens is 592 g/mol. The first kappa shape index (κ1) is 37.5. The number of hydrogen-bond acceptors (Lipinski definition) is 10. The van der Waals surface area contributed by atoms with Crippen molar-refractivity contribution in [3.05, 3.63) is 35.9 Å². The van der Waals surface area contributed by atoms with Gasteiger partial charge in [-0.3, -0.25) is 4.79 Å². The lowest BCUT2D eigenvalue weighted by Crippen LogP contribution is -2.57. The number of nitrogens with zero attached hydrogens (tertiary/aromatic N) is 2. The molecule has 0 aliphatic carbocycles. The molecule has 0 saturated carbocycles. The monoisotopic (exact) mass is 648 g/mol. The van der Waals surface area contributed by atoms with Crippen molar-refractivity contribution in [3.63, 3.8) is 0 Å². The summed E-state index contributed by atoms with van der Waals surface area (Å²) < 4.78 is 27.2. The molecule has 0 bridgehead atoms. The third-order valence-corrected chi connectivity index (χ3v) is 8.09. The van der Waals surface area contributed by atoms with Crippen LogP contribution in [0.2, 0.25) is 0 Å². The molecule has 46 heavy (non-hydrogen) atoms. The fraction of sp³-hybridized carbons (Fsp3) is 0.735. The van der Waals surface area contributed by atoms with Gasteiger partial charge in [0.25, 0.3) is 6.47 Å². The summed E-state index contributed by atoms with van der Waals surface area (Å²) in [6.45, 7) is 19.7. The van der Waals surface area contributed by atoms with E-state index in [0.717, 1.165) is 77.1 Å². The van der Waals surface area contributed by atoms with Crippen LogP contribution in [0.15, 0.2) is 30.3 Å². The number of amides is 2. The average Bonchev–Trinajstić information content (AvgIpc) is 3.01. The van der Waals surface area contributed by atoms with Crippen molar-refractivity contribution in [2.75, 3.05) is 65.6 Å². The van der Waals surface area contributed by atoms with Crippen LogP contribution < -0.4 is 10.6 Å². The number of piperidine rings is 2. The van der Waals surface area contributed by atoms with Gasteiger partial charge in [0.05, 0.1) is 31.0 Å². The summed E-state index contributed by atoms with van der Waals surface area (Å²) in [5.74, 6) is 0. The molecule has 0 aromatic heterocycles. The smallest absolute Gasteiger partial charge is 0.410 e. The average molecular weight is 649 g/mol. The van der Waals surface area contributed by atoms with Crippen LogP contribution in [-0.2, 0) is 35.1 Å². The van der Waals surface area contributed by atoms with E-state index in [1.165, 1.54) is 0 Å². The quantitative estimate of drug-likeness (QED) is 0.365. The van der Waals surface area contributed by atoms with Gasteiger partial charge in [0, 0.05) is 32.7 Å². The summed E-state index contributed by atoms with van der Waals surface area (Å²) in [7, 11) is 0. The van der Waals surface area contributed by atoms with Crippen molar-refractivity contribution < 1.29 is 38.1 Å². The summed E-state index contributed by atoms with van der Waals surface area (Å²) in [6, 6.07) is 9.76. The van der Waals surface area contributed by atoms with Gasteiger partial charge in [-0.2, -0.15) is 0 Å². The van der Waals surface area contributed by atoms with Gasteiger partial charge in [0.1, 0.15) is 17.8 Å². The zero-order valence-electron chi connectivity index (χ0n) is 28.7. The SMILES string of the molecule is CC(C)(C)OC(=O)N1CCC2(CC1)CNCCO2.CC(C)(C)OC=O.O=C(OCc1ccccc1)N1CCOC2(CCNCC2)C1. The van der Waals surface area contributed by atoms with Crippen LogP contribution in [0.4, 0.5) is 9.59 Å². The van der Waals surface area contributed by atoms with Crippen LogP contribution in [0.5, 0.6) is 0 Å². The third-order valence-electron chi connectivity index (χ3n) is 8.09. The molecule has 260 valence electrons. The lowest BCUT2D eigenvalue weighted by atomic mass is 9.90. The van der Waals surface area contributed by atoms with Gasteiger partial charge in [0.15, 0.2) is 0 Å². The second-order valence-corrected chi connectivity index (χ2v) is 14.2. The first-order valence-corrected chi connectivity index (χ1v) is 16.5. The maximum absolute atomic E-state index is 12.2. The minimum absolute atomic E-state index is 0.0588. The van der Waals surface area contributed by atoms with Crippen molar-refractivity contribution in [1.82, 2.24) is 20.4 Å². The van der Waals surface area contributed by atoms with Gasteiger partial charge in [-0.1, -0.05) is 30.3 Å². The van der Waals surface area contributed by atoms with Crippen LogP contribution in [0.1, 0.15) is 72.8 Å². The number of ether oxygens (including phenoxy) is 5. The van der Waals surface area contributed by atoms with Crippen LogP contribution in [0.3, 0.4) is 0 Å². The second-order valence-electron chi connectivity index (χ2n) is 14.2. The number of morpholine rings is 2. The molecule has 5 rings (SSSR count). The summed E-state index contributed by atoms with van der Waals surface area (Å²) in [6.07, 6.45) is 3.24. The predicted molar refractivity (Wildman–Crippen MR) is 174 cm³/mol. The van der Waals surface area contributed by atoms with Gasteiger partial charge in [0.2, 0.25) is 0 Å². The molecule has 4 heterocycles. The first-order chi connectivity index (χ1) is 21.7. The largest absolute Gasteiger partial charge is 0.462 e. The Bertz CT molecular complexity index is 1060. The second kappa shape index (κ2) is 17.3. The van der Waals surface area contributed by atoms with Crippen LogP contribution in [0, 0.1) is 0 Å². The minimum atomic E-state index is -0.422. The summed E-state index contributed by atoms with van der Waals surface area (Å²) >= 11 is 0. The van der Waals surface area contributed by atoms with E-state index in [9.17, 15) is 14.4 Å². The number of likely N-dealkylation sites (tertiary alicyclic amines) is 1. The third kappa shape index (κ3) is 13.1. The Morgan fingerprint density at radius 1 is 0.804 bits per heavy atom. The summed E-state index contributed by atoms with van der Waals surface area (Å²) in [5.41, 5.74) is 0.0405. The van der Waals surface area contributed by atoms with E-state index < -0.39 is 5.60 Å². The lowest BCUT2D eigenvalue weighted by Gasteiger charge is -2.44. The molecule has 2 amide bonds. The zero-order chi connectivity index (χ0) is 33.7. The molecule has 0 unspecified atom stereocenters. The number of carbonyl (C=O) groups is 3. The highest BCUT2D eigenvalue weighted by Crippen LogP contribution is 2.29.